The van der Waals surface area contributed by atoms with Crippen molar-refractivity contribution >= 4 is 108 Å². The van der Waals surface area contributed by atoms with Gasteiger partial charge in [0.2, 0.25) is 0 Å². The molecule has 0 spiro atoms. The predicted molar refractivity (Wildman–Crippen MR) is 534 cm³/mol. The third kappa shape index (κ3) is 13.2. The highest BCUT2D eigenvalue weighted by atomic mass is 16.3. The smallest absolute Gasteiger partial charge is 0.164 e. The number of furan rings is 1. The molecule has 4 heterocycles. The number of aromatic nitrogens is 7. The summed E-state index contributed by atoms with van der Waals surface area (Å²) in [5, 5.41) is 20.1. The van der Waals surface area contributed by atoms with Crippen molar-refractivity contribution in [2.75, 3.05) is 0 Å². The van der Waals surface area contributed by atoms with Crippen LogP contribution < -0.4 is 0 Å². The average Bonchev–Trinajstić information content (AvgIpc) is 1.66. The van der Waals surface area contributed by atoms with Crippen molar-refractivity contribution in [2.24, 2.45) is 0 Å². The molecule has 598 valence electrons. The second kappa shape index (κ2) is 30.9. The lowest BCUT2D eigenvalue weighted by Crippen LogP contribution is -2.01. The molecule has 0 aliphatic carbocycles. The summed E-state index contributed by atoms with van der Waals surface area (Å²) in [6, 6.07) is 155. The van der Waals surface area contributed by atoms with Crippen LogP contribution in [-0.2, 0) is 0 Å². The van der Waals surface area contributed by atoms with Crippen molar-refractivity contribution in [1.82, 2.24) is 34.9 Å². The van der Waals surface area contributed by atoms with Gasteiger partial charge in [-0.25, -0.2) is 29.9 Å². The first kappa shape index (κ1) is 74.3. The lowest BCUT2D eigenvalue weighted by Gasteiger charge is -2.19. The molecule has 129 heavy (non-hydrogen) atoms. The molecule has 4 aromatic heterocycles. The van der Waals surface area contributed by atoms with Crippen molar-refractivity contribution in [3.63, 3.8) is 0 Å². The van der Waals surface area contributed by atoms with E-state index < -0.39 is 0 Å². The Morgan fingerprint density at radius 2 is 0.450 bits per heavy atom. The zero-order chi connectivity index (χ0) is 85.0. The molecule has 0 fully saturated rings. The van der Waals surface area contributed by atoms with Gasteiger partial charge in [-0.2, -0.15) is 0 Å². The Bertz CT molecular complexity index is 8560. The molecule has 8 heteroatoms. The first-order chi connectivity index (χ1) is 63.9. The Hall–Kier alpha value is -17.3. The van der Waals surface area contributed by atoms with Crippen molar-refractivity contribution in [3.05, 3.63) is 443 Å². The number of pyridine rings is 1. The maximum atomic E-state index is 7.45. The molecule has 0 aliphatic rings. The molecular formula is C121H73N7O. The molecule has 8 nitrogen and oxygen atoms in total. The predicted octanol–water partition coefficient (Wildman–Crippen LogP) is 31.9. The summed E-state index contributed by atoms with van der Waals surface area (Å²) in [6.07, 6.45) is 3.69. The minimum Gasteiger partial charge on any atom is -0.455 e. The number of hydrogen-bond acceptors (Lipinski definition) is 8. The summed E-state index contributed by atoms with van der Waals surface area (Å²) in [6.45, 7) is 0. The lowest BCUT2D eigenvalue weighted by molar-refractivity contribution is 0.670. The van der Waals surface area contributed by atoms with Crippen LogP contribution in [0.1, 0.15) is 0 Å². The van der Waals surface area contributed by atoms with Gasteiger partial charge in [-0.05, 0) is 255 Å². The van der Waals surface area contributed by atoms with Crippen LogP contribution in [-0.4, -0.2) is 34.9 Å². The summed E-state index contributed by atoms with van der Waals surface area (Å²) < 4.78 is 7.45. The van der Waals surface area contributed by atoms with Crippen LogP contribution in [0.5, 0.6) is 0 Å². The summed E-state index contributed by atoms with van der Waals surface area (Å²) in [5.74, 6) is 3.24. The Labute approximate surface area is 742 Å². The van der Waals surface area contributed by atoms with E-state index in [4.69, 9.17) is 34.3 Å². The van der Waals surface area contributed by atoms with Crippen LogP contribution in [0.2, 0.25) is 0 Å². The number of rotatable bonds is 14. The molecule has 0 amide bonds. The highest BCUT2D eigenvalue weighted by Crippen LogP contribution is 2.50. The van der Waals surface area contributed by atoms with Gasteiger partial charge in [0.1, 0.15) is 11.2 Å². The third-order valence-corrected chi connectivity index (χ3v) is 25.7. The van der Waals surface area contributed by atoms with Gasteiger partial charge < -0.3 is 4.42 Å². The Morgan fingerprint density at radius 3 is 0.891 bits per heavy atom. The summed E-state index contributed by atoms with van der Waals surface area (Å²) in [7, 11) is 0. The zero-order valence-electron chi connectivity index (χ0n) is 69.7. The number of para-hydroxylation sites is 1. The Balaban J connectivity index is 0.673. The Morgan fingerprint density at radius 1 is 0.155 bits per heavy atom. The molecule has 0 saturated heterocycles. The maximum Gasteiger partial charge on any atom is 0.164 e. The van der Waals surface area contributed by atoms with Crippen LogP contribution in [0.25, 0.3) is 265 Å². The van der Waals surface area contributed by atoms with Crippen LogP contribution in [0, 0.1) is 0 Å². The van der Waals surface area contributed by atoms with Gasteiger partial charge in [0, 0.05) is 62.1 Å². The molecule has 0 atom stereocenters. The Kier molecular flexibility index (Phi) is 17.8. The fourth-order valence-corrected chi connectivity index (χ4v) is 19.6. The van der Waals surface area contributed by atoms with Crippen LogP contribution >= 0.6 is 0 Å². The fraction of sp³-hybridized carbons (Fsp3) is 0. The minimum absolute atomic E-state index is 0.500. The number of nitrogens with zero attached hydrogens (tertiary/aromatic N) is 7. The van der Waals surface area contributed by atoms with Crippen molar-refractivity contribution in [1.29, 1.82) is 0 Å². The quantitative estimate of drug-likeness (QED) is 0.0992. The van der Waals surface area contributed by atoms with E-state index in [2.05, 4.69) is 424 Å². The average molecular weight is 1640 g/mol. The topological polar surface area (TPSA) is 103 Å². The molecule has 21 aromatic carbocycles. The fourth-order valence-electron chi connectivity index (χ4n) is 19.6. The molecule has 0 radical (unpaired) electrons. The van der Waals surface area contributed by atoms with Crippen LogP contribution in [0.4, 0.5) is 0 Å². The van der Waals surface area contributed by atoms with Crippen LogP contribution in [0.3, 0.4) is 0 Å². The lowest BCUT2D eigenvalue weighted by atomic mass is 9.85. The molecular weight excluding hydrogens is 1570 g/mol. The van der Waals surface area contributed by atoms with E-state index in [1.807, 2.05) is 18.3 Å². The van der Waals surface area contributed by atoms with Gasteiger partial charge >= 0.3 is 0 Å². The molecule has 0 N–H and O–H groups in total. The van der Waals surface area contributed by atoms with Crippen LogP contribution in [0.15, 0.2) is 448 Å². The SMILES string of the molecule is c1ccc(-c2ccc(-c3nc(-c4cccc(-c5ccccc5)c4)nc(-c4cc(-c5c6ccccc6cc6ccccc56)cc(-c5c6ccccc6cc6c(-c7cccc8c7oc7cc(-c9nc(-c%10ccc(-c%11cccnc%11)cc%10)nc(-c%10cc(-c%11c%12ccccc%12cc%12ccccc%11%12)cc(-c%11c%12ccccc%12cc%12ccccc%11%12)c%10)n9)ccc78)cccc56)c4)n3)cc2)cc1. The zero-order valence-corrected chi connectivity index (χ0v) is 69.7. The summed E-state index contributed by atoms with van der Waals surface area (Å²) in [4.78, 5) is 37.7. The standard InChI is InChI=1S/C121H73N7O/c1-3-25-74(26-4-1)76-50-54-78(55-51-76)116-123-118(88-37-21-36-80(61-88)75-27-5-2-6-28-75)127-120(125-116)96-69-93(113-101-43-18-11-33-85(101)64-86-34-12-19-44-102(86)113)66-94(70-96)114-103-45-20-13-35-87(103)71-109-104(46-22-47-106(109)114)107-48-23-49-108-105-59-58-89(72-110(105)129-115(107)108)119-124-117(79-56-52-77(53-57-79)90-38-24-60-122-73-90)126-121(128-119)95-67-91(111-97-39-14-7-29-81(97)62-82-30-8-15-40-98(82)111)65-92(68-95)112-99-41-16-9-31-83(99)63-84-32-10-17-42-100(84)112/h1-73H. The van der Waals surface area contributed by atoms with Gasteiger partial charge in [0.15, 0.2) is 34.9 Å². The van der Waals surface area contributed by atoms with E-state index >= 15 is 0 Å². The van der Waals surface area contributed by atoms with Crippen molar-refractivity contribution in [2.45, 2.75) is 0 Å². The van der Waals surface area contributed by atoms with E-state index in [1.54, 1.807) is 6.20 Å². The van der Waals surface area contributed by atoms with Gasteiger partial charge in [0.25, 0.3) is 0 Å². The van der Waals surface area contributed by atoms with Gasteiger partial charge in [-0.3, -0.25) is 4.98 Å². The molecule has 0 unspecified atom stereocenters. The summed E-state index contributed by atoms with van der Waals surface area (Å²) in [5.41, 5.74) is 23.6. The number of benzene rings is 21. The van der Waals surface area contributed by atoms with Crippen molar-refractivity contribution < 1.29 is 4.42 Å². The molecule has 0 bridgehead atoms. The second-order valence-electron chi connectivity index (χ2n) is 33.4. The van der Waals surface area contributed by atoms with Crippen molar-refractivity contribution in [3.8, 4) is 157 Å². The summed E-state index contributed by atoms with van der Waals surface area (Å²) >= 11 is 0. The highest BCUT2D eigenvalue weighted by Gasteiger charge is 2.26. The molecule has 25 aromatic rings. The van der Waals surface area contributed by atoms with Gasteiger partial charge in [-0.15, -0.1) is 0 Å². The third-order valence-electron chi connectivity index (χ3n) is 25.7. The molecule has 0 saturated carbocycles. The first-order valence-corrected chi connectivity index (χ1v) is 43.7. The van der Waals surface area contributed by atoms with Gasteiger partial charge in [0.05, 0.1) is 0 Å². The molecule has 0 aliphatic heterocycles. The van der Waals surface area contributed by atoms with E-state index in [0.29, 0.717) is 40.5 Å². The maximum absolute atomic E-state index is 7.45. The van der Waals surface area contributed by atoms with E-state index in [1.165, 1.54) is 0 Å². The minimum atomic E-state index is 0.500. The first-order valence-electron chi connectivity index (χ1n) is 43.7. The normalized spacial score (nSPS) is 11.7. The number of hydrogen-bond donors (Lipinski definition) is 0. The highest BCUT2D eigenvalue weighted by molar-refractivity contribution is 6.22. The number of fused-ring (bicyclic) bond motifs is 11. The monoisotopic (exact) mass is 1640 g/mol. The molecule has 25 rings (SSSR count). The van der Waals surface area contributed by atoms with E-state index in [9.17, 15) is 0 Å². The van der Waals surface area contributed by atoms with E-state index in [0.717, 1.165) is 225 Å². The second-order valence-corrected chi connectivity index (χ2v) is 33.4. The van der Waals surface area contributed by atoms with E-state index in [-0.39, 0.29) is 0 Å². The largest absolute Gasteiger partial charge is 0.455 e. The van der Waals surface area contributed by atoms with Gasteiger partial charge in [-0.1, -0.05) is 346 Å².